The van der Waals surface area contributed by atoms with Crippen LogP contribution in [-0.2, 0) is 32.7 Å². The minimum atomic E-state index is -4.63. The number of ether oxygens (including phenoxy) is 2. The minimum Gasteiger partial charge on any atom is -0.756 e. The van der Waals surface area contributed by atoms with Crippen LogP contribution >= 0.6 is 7.82 Å². The van der Waals surface area contributed by atoms with Gasteiger partial charge in [0.25, 0.3) is 7.82 Å². The number of nitrogens with zero attached hydrogens (tertiary/aromatic N) is 1. The number of hydrogen-bond donors (Lipinski definition) is 0. The molecule has 0 spiro atoms. The van der Waals surface area contributed by atoms with E-state index in [4.69, 9.17) is 18.5 Å². The Hall–Kier alpha value is -2.03. The third kappa shape index (κ3) is 35.6. The van der Waals surface area contributed by atoms with Gasteiger partial charge in [-0.3, -0.25) is 14.2 Å². The minimum absolute atomic E-state index is 0.0440. The quantitative estimate of drug-likeness (QED) is 0.0218. The van der Waals surface area contributed by atoms with Crippen molar-refractivity contribution >= 4 is 19.8 Å². The van der Waals surface area contributed by atoms with Gasteiger partial charge in [-0.2, -0.15) is 0 Å². The van der Waals surface area contributed by atoms with Crippen molar-refractivity contribution in [1.82, 2.24) is 0 Å². The fraction of sp³-hybridized carbons (Fsp3) is 0.744. The van der Waals surface area contributed by atoms with Gasteiger partial charge in [-0.15, -0.1) is 0 Å². The van der Waals surface area contributed by atoms with E-state index in [-0.39, 0.29) is 26.1 Å². The number of rotatable bonds is 33. The van der Waals surface area contributed by atoms with Crippen LogP contribution < -0.4 is 4.89 Å². The standard InChI is InChI=1S/C39H70NO8P/c1-6-8-10-12-14-16-18-20-22-24-26-28-30-32-39(42)48-37(36-47-49(43,44)46-34-33-40(3,4)5)35-45-38(41)31-29-27-25-23-21-19-17-15-13-11-9-7-2/h8,10,14,16,20,22,26,28,37H,6-7,9,11-13,15,17-19,21,23-25,27,29-36H2,1-5H3/b10-8-,16-14-,22-20-,28-26-. The second-order valence-corrected chi connectivity index (χ2v) is 15.0. The molecule has 9 nitrogen and oxygen atoms in total. The molecule has 0 amide bonds. The van der Waals surface area contributed by atoms with Crippen molar-refractivity contribution in [2.45, 2.75) is 142 Å². The van der Waals surface area contributed by atoms with Crippen LogP contribution in [0.2, 0.25) is 0 Å². The molecule has 0 saturated heterocycles. The van der Waals surface area contributed by atoms with Crippen LogP contribution in [0.4, 0.5) is 0 Å². The van der Waals surface area contributed by atoms with E-state index in [2.05, 4.69) is 50.3 Å². The topological polar surface area (TPSA) is 111 Å². The molecule has 0 rings (SSSR count). The lowest BCUT2D eigenvalue weighted by molar-refractivity contribution is -0.870. The van der Waals surface area contributed by atoms with Crippen molar-refractivity contribution in [2.24, 2.45) is 0 Å². The molecule has 284 valence electrons. The summed E-state index contributed by atoms with van der Waals surface area (Å²) in [5.41, 5.74) is 0. The molecule has 0 aromatic heterocycles. The Morgan fingerprint density at radius 1 is 0.653 bits per heavy atom. The molecule has 2 unspecified atom stereocenters. The van der Waals surface area contributed by atoms with Gasteiger partial charge in [0, 0.05) is 12.8 Å². The number of unbranched alkanes of at least 4 members (excludes halogenated alkanes) is 11. The molecular formula is C39H70NO8P. The van der Waals surface area contributed by atoms with Crippen molar-refractivity contribution in [3.05, 3.63) is 48.6 Å². The summed E-state index contributed by atoms with van der Waals surface area (Å²) in [6.45, 7) is 3.99. The van der Waals surface area contributed by atoms with Gasteiger partial charge in [-0.25, -0.2) is 0 Å². The van der Waals surface area contributed by atoms with E-state index < -0.39 is 32.5 Å². The molecule has 0 aliphatic carbocycles. The van der Waals surface area contributed by atoms with Crippen molar-refractivity contribution in [3.63, 3.8) is 0 Å². The fourth-order valence-corrected chi connectivity index (χ4v) is 5.39. The monoisotopic (exact) mass is 711 g/mol. The fourth-order valence-electron chi connectivity index (χ4n) is 4.67. The van der Waals surface area contributed by atoms with Crippen molar-refractivity contribution in [2.75, 3.05) is 47.5 Å². The largest absolute Gasteiger partial charge is 0.756 e. The third-order valence-corrected chi connectivity index (χ3v) is 8.59. The predicted molar refractivity (Wildman–Crippen MR) is 199 cm³/mol. The van der Waals surface area contributed by atoms with E-state index >= 15 is 0 Å². The normalized spacial score (nSPS) is 14.3. The molecule has 0 aliphatic rings. The first kappa shape index (κ1) is 47.0. The van der Waals surface area contributed by atoms with Crippen LogP contribution in [0.1, 0.15) is 136 Å². The Bertz CT molecular complexity index is 986. The molecule has 0 aliphatic heterocycles. The van der Waals surface area contributed by atoms with E-state index in [0.717, 1.165) is 44.9 Å². The Morgan fingerprint density at radius 3 is 1.69 bits per heavy atom. The zero-order valence-electron chi connectivity index (χ0n) is 31.6. The van der Waals surface area contributed by atoms with Crippen molar-refractivity contribution in [1.29, 1.82) is 0 Å². The van der Waals surface area contributed by atoms with Crippen molar-refractivity contribution < 1.29 is 42.1 Å². The predicted octanol–water partition coefficient (Wildman–Crippen LogP) is 9.33. The molecule has 10 heteroatoms. The first-order chi connectivity index (χ1) is 23.5. The smallest absolute Gasteiger partial charge is 0.306 e. The van der Waals surface area contributed by atoms with Gasteiger partial charge in [0.15, 0.2) is 6.10 Å². The third-order valence-electron chi connectivity index (χ3n) is 7.63. The zero-order valence-corrected chi connectivity index (χ0v) is 32.5. The molecule has 0 bridgehead atoms. The van der Waals surface area contributed by atoms with Gasteiger partial charge in [-0.1, -0.05) is 133 Å². The molecule has 0 saturated carbocycles. The summed E-state index contributed by atoms with van der Waals surface area (Å²) >= 11 is 0. The first-order valence-electron chi connectivity index (χ1n) is 18.8. The van der Waals surface area contributed by atoms with Gasteiger partial charge >= 0.3 is 11.9 Å². The Morgan fingerprint density at radius 2 is 1.16 bits per heavy atom. The molecule has 0 aromatic carbocycles. The molecule has 0 N–H and O–H groups in total. The second kappa shape index (κ2) is 31.9. The highest BCUT2D eigenvalue weighted by atomic mass is 31.2. The van der Waals surface area contributed by atoms with Crippen LogP contribution in [0.5, 0.6) is 0 Å². The molecule has 2 atom stereocenters. The number of esters is 2. The average Bonchev–Trinajstić information content (AvgIpc) is 3.04. The Balaban J connectivity index is 4.57. The average molecular weight is 712 g/mol. The maximum Gasteiger partial charge on any atom is 0.306 e. The zero-order chi connectivity index (χ0) is 36.5. The maximum absolute atomic E-state index is 12.5. The number of allylic oxidation sites excluding steroid dienone is 8. The summed E-state index contributed by atoms with van der Waals surface area (Å²) in [5.74, 6) is -0.933. The summed E-state index contributed by atoms with van der Waals surface area (Å²) in [6.07, 6.45) is 34.4. The second-order valence-electron chi connectivity index (χ2n) is 13.6. The highest BCUT2D eigenvalue weighted by Crippen LogP contribution is 2.38. The SMILES string of the molecule is CC/C=C\C/C=C\C/C=C\C/C=C\CCC(=O)OC(COC(=O)CCCCCCCCCCCCCC)COP(=O)([O-])OCC[N+](C)(C)C. The van der Waals surface area contributed by atoms with Crippen LogP contribution in [-0.4, -0.2) is 70.0 Å². The number of carbonyl (C=O) groups is 2. The summed E-state index contributed by atoms with van der Waals surface area (Å²) in [5, 5.41) is 0. The summed E-state index contributed by atoms with van der Waals surface area (Å²) in [4.78, 5) is 37.2. The van der Waals surface area contributed by atoms with Crippen LogP contribution in [0.25, 0.3) is 0 Å². The van der Waals surface area contributed by atoms with E-state index in [1.165, 1.54) is 57.8 Å². The highest BCUT2D eigenvalue weighted by Gasteiger charge is 2.21. The number of quaternary nitrogens is 1. The summed E-state index contributed by atoms with van der Waals surface area (Å²) in [7, 11) is 1.12. The van der Waals surface area contributed by atoms with Gasteiger partial charge < -0.3 is 27.9 Å². The van der Waals surface area contributed by atoms with Crippen LogP contribution in [0, 0.1) is 0 Å². The van der Waals surface area contributed by atoms with Crippen molar-refractivity contribution in [3.8, 4) is 0 Å². The van der Waals surface area contributed by atoms with E-state index in [9.17, 15) is 19.0 Å². The number of hydrogen-bond acceptors (Lipinski definition) is 8. The first-order valence-corrected chi connectivity index (χ1v) is 20.3. The summed E-state index contributed by atoms with van der Waals surface area (Å²) in [6, 6.07) is 0. The lowest BCUT2D eigenvalue weighted by Crippen LogP contribution is -2.37. The number of carbonyl (C=O) groups excluding carboxylic acids is 2. The molecule has 0 aromatic rings. The Labute approximate surface area is 299 Å². The van der Waals surface area contributed by atoms with Gasteiger partial charge in [0.2, 0.25) is 0 Å². The molecule has 49 heavy (non-hydrogen) atoms. The lowest BCUT2D eigenvalue weighted by Gasteiger charge is -2.28. The van der Waals surface area contributed by atoms with Crippen LogP contribution in [0.3, 0.4) is 0 Å². The number of phosphoric ester groups is 1. The molecule has 0 radical (unpaired) electrons. The summed E-state index contributed by atoms with van der Waals surface area (Å²) < 4.78 is 33.6. The molecule has 0 heterocycles. The van der Waals surface area contributed by atoms with Crippen LogP contribution in [0.15, 0.2) is 48.6 Å². The van der Waals surface area contributed by atoms with E-state index in [0.29, 0.717) is 17.4 Å². The lowest BCUT2D eigenvalue weighted by atomic mass is 10.0. The number of phosphoric acid groups is 1. The van der Waals surface area contributed by atoms with Gasteiger partial charge in [-0.05, 0) is 38.5 Å². The Kier molecular flexibility index (Phi) is 30.6. The maximum atomic E-state index is 12.5. The molecule has 0 fully saturated rings. The van der Waals surface area contributed by atoms with E-state index in [1.807, 2.05) is 33.3 Å². The van der Waals surface area contributed by atoms with E-state index in [1.54, 1.807) is 0 Å². The van der Waals surface area contributed by atoms with Gasteiger partial charge in [0.05, 0.1) is 27.7 Å². The highest BCUT2D eigenvalue weighted by molar-refractivity contribution is 7.45. The molecular weight excluding hydrogens is 641 g/mol. The number of likely N-dealkylation sites (N-methyl/N-ethyl adjacent to an activating group) is 1. The van der Waals surface area contributed by atoms with Gasteiger partial charge in [0.1, 0.15) is 19.8 Å².